The molecule has 31 heavy (non-hydrogen) atoms. The Hall–Kier alpha value is -4.26. The molecule has 0 amide bonds. The van der Waals surface area contributed by atoms with E-state index in [0.717, 1.165) is 16.8 Å². The van der Waals surface area contributed by atoms with Gasteiger partial charge in [-0.15, -0.1) is 5.10 Å². The van der Waals surface area contributed by atoms with Crippen molar-refractivity contribution >= 4 is 11.9 Å². The molecule has 4 rings (SSSR count). The minimum absolute atomic E-state index is 0.0286. The van der Waals surface area contributed by atoms with Crippen LogP contribution in [0.2, 0.25) is 0 Å². The minimum Gasteiger partial charge on any atom is -0.465 e. The first kappa shape index (κ1) is 20.0. The van der Waals surface area contributed by atoms with Crippen LogP contribution in [0.5, 0.6) is 0 Å². The average Bonchev–Trinajstić information content (AvgIpc) is 3.29. The third-order valence-corrected chi connectivity index (χ3v) is 4.57. The van der Waals surface area contributed by atoms with Crippen LogP contribution in [0.3, 0.4) is 0 Å². The molecular weight excluding hydrogens is 394 g/mol. The molecule has 0 aliphatic carbocycles. The molecule has 7 heteroatoms. The van der Waals surface area contributed by atoms with Crippen LogP contribution >= 0.6 is 0 Å². The second-order valence-corrected chi connectivity index (χ2v) is 6.64. The van der Waals surface area contributed by atoms with Crippen LogP contribution in [0.1, 0.15) is 26.5 Å². The van der Waals surface area contributed by atoms with Crippen molar-refractivity contribution in [3.8, 4) is 17.1 Å². The van der Waals surface area contributed by atoms with Crippen LogP contribution in [-0.2, 0) is 16.1 Å². The largest absolute Gasteiger partial charge is 0.465 e. The van der Waals surface area contributed by atoms with E-state index in [1.165, 1.54) is 7.11 Å². The van der Waals surface area contributed by atoms with Gasteiger partial charge in [0.1, 0.15) is 6.61 Å². The molecule has 0 unspecified atom stereocenters. The molecule has 7 nitrogen and oxygen atoms in total. The van der Waals surface area contributed by atoms with Gasteiger partial charge in [0, 0.05) is 5.56 Å². The number of carbonyl (C=O) groups excluding carboxylic acids is 2. The van der Waals surface area contributed by atoms with Crippen LogP contribution in [0, 0.1) is 0 Å². The quantitative estimate of drug-likeness (QED) is 0.443. The number of esters is 2. The molecule has 0 aliphatic heterocycles. The first-order valence-corrected chi connectivity index (χ1v) is 9.58. The number of hydrogen-bond acceptors (Lipinski definition) is 6. The van der Waals surface area contributed by atoms with Crippen LogP contribution in [-0.4, -0.2) is 33.8 Å². The number of para-hydroxylation sites is 1. The van der Waals surface area contributed by atoms with E-state index in [0.29, 0.717) is 11.4 Å². The molecule has 0 aliphatic rings. The van der Waals surface area contributed by atoms with Crippen molar-refractivity contribution in [2.45, 2.75) is 6.61 Å². The molecule has 0 saturated heterocycles. The second kappa shape index (κ2) is 9.04. The summed E-state index contributed by atoms with van der Waals surface area (Å²) in [7, 11) is 1.32. The van der Waals surface area contributed by atoms with Gasteiger partial charge in [-0.1, -0.05) is 60.7 Å². The lowest BCUT2D eigenvalue weighted by molar-refractivity contribution is 0.0457. The van der Waals surface area contributed by atoms with Crippen molar-refractivity contribution in [3.05, 3.63) is 102 Å². The standard InChI is InChI=1S/C24H19N3O4/c1-30-23(28)19-14-12-17(13-15-19)16-31-24(29)21-25-22(18-8-4-2-5-9-18)27(26-21)20-10-6-3-7-11-20/h2-15H,16H2,1H3. The zero-order valence-electron chi connectivity index (χ0n) is 16.8. The maximum atomic E-state index is 12.6. The summed E-state index contributed by atoms with van der Waals surface area (Å²) in [4.78, 5) is 28.6. The molecule has 0 radical (unpaired) electrons. The first-order chi connectivity index (χ1) is 15.2. The smallest absolute Gasteiger partial charge is 0.378 e. The molecule has 0 fully saturated rings. The van der Waals surface area contributed by atoms with Crippen molar-refractivity contribution in [2.75, 3.05) is 7.11 Å². The summed E-state index contributed by atoms with van der Waals surface area (Å²) in [6.45, 7) is 0.0286. The Morgan fingerprint density at radius 2 is 1.48 bits per heavy atom. The summed E-state index contributed by atoms with van der Waals surface area (Å²) in [5.74, 6) is -0.549. The number of nitrogens with zero attached hydrogens (tertiary/aromatic N) is 3. The van der Waals surface area contributed by atoms with Crippen LogP contribution in [0.25, 0.3) is 17.1 Å². The third-order valence-electron chi connectivity index (χ3n) is 4.57. The van der Waals surface area contributed by atoms with E-state index in [-0.39, 0.29) is 12.4 Å². The van der Waals surface area contributed by atoms with Gasteiger partial charge in [0.05, 0.1) is 18.4 Å². The molecule has 0 spiro atoms. The summed E-state index contributed by atoms with van der Waals surface area (Å²) < 4.78 is 11.7. The highest BCUT2D eigenvalue weighted by atomic mass is 16.5. The Bertz CT molecular complexity index is 1130. The van der Waals surface area contributed by atoms with Crippen molar-refractivity contribution in [2.24, 2.45) is 0 Å². The molecule has 0 saturated carbocycles. The summed E-state index contributed by atoms with van der Waals surface area (Å²) in [5.41, 5.74) is 2.77. The van der Waals surface area contributed by atoms with Crippen LogP contribution in [0.4, 0.5) is 0 Å². The zero-order valence-corrected chi connectivity index (χ0v) is 16.8. The van der Waals surface area contributed by atoms with Gasteiger partial charge in [-0.3, -0.25) is 0 Å². The summed E-state index contributed by atoms with van der Waals surface area (Å²) in [5, 5.41) is 4.39. The van der Waals surface area contributed by atoms with Gasteiger partial charge in [-0.2, -0.15) is 0 Å². The normalized spacial score (nSPS) is 10.5. The number of aromatic nitrogens is 3. The topological polar surface area (TPSA) is 83.3 Å². The van der Waals surface area contributed by atoms with E-state index in [4.69, 9.17) is 4.74 Å². The number of methoxy groups -OCH3 is 1. The van der Waals surface area contributed by atoms with Crippen LogP contribution in [0.15, 0.2) is 84.9 Å². The molecule has 0 bridgehead atoms. The molecule has 1 aromatic heterocycles. The SMILES string of the molecule is COC(=O)c1ccc(COC(=O)c2nc(-c3ccccc3)n(-c3ccccc3)n2)cc1. The lowest BCUT2D eigenvalue weighted by Crippen LogP contribution is -2.08. The summed E-state index contributed by atoms with van der Waals surface area (Å²) in [6.07, 6.45) is 0. The molecule has 154 valence electrons. The Kier molecular flexibility index (Phi) is 5.84. The summed E-state index contributed by atoms with van der Waals surface area (Å²) >= 11 is 0. The van der Waals surface area contributed by atoms with E-state index in [1.54, 1.807) is 28.9 Å². The molecular formula is C24H19N3O4. The van der Waals surface area contributed by atoms with Gasteiger partial charge in [0.15, 0.2) is 5.82 Å². The van der Waals surface area contributed by atoms with Crippen molar-refractivity contribution in [1.29, 1.82) is 0 Å². The maximum Gasteiger partial charge on any atom is 0.378 e. The Balaban J connectivity index is 1.56. The van der Waals surface area contributed by atoms with Gasteiger partial charge in [0.25, 0.3) is 5.82 Å². The number of rotatable bonds is 6. The average molecular weight is 413 g/mol. The predicted molar refractivity (Wildman–Crippen MR) is 114 cm³/mol. The number of ether oxygens (including phenoxy) is 2. The zero-order chi connectivity index (χ0) is 21.6. The number of benzene rings is 3. The third kappa shape index (κ3) is 4.51. The van der Waals surface area contributed by atoms with Gasteiger partial charge in [-0.05, 0) is 29.8 Å². The molecule has 1 heterocycles. The highest BCUT2D eigenvalue weighted by Gasteiger charge is 2.20. The van der Waals surface area contributed by atoms with E-state index in [2.05, 4.69) is 14.8 Å². The highest BCUT2D eigenvalue weighted by molar-refractivity contribution is 5.89. The number of hydrogen-bond donors (Lipinski definition) is 0. The fourth-order valence-corrected chi connectivity index (χ4v) is 2.99. The van der Waals surface area contributed by atoms with Gasteiger partial charge in [0.2, 0.25) is 0 Å². The molecule has 4 aromatic rings. The van der Waals surface area contributed by atoms with E-state index >= 15 is 0 Å². The fourth-order valence-electron chi connectivity index (χ4n) is 2.99. The molecule has 3 aromatic carbocycles. The second-order valence-electron chi connectivity index (χ2n) is 6.64. The van der Waals surface area contributed by atoms with Crippen molar-refractivity contribution < 1.29 is 19.1 Å². The monoisotopic (exact) mass is 413 g/mol. The maximum absolute atomic E-state index is 12.6. The van der Waals surface area contributed by atoms with Crippen molar-refractivity contribution in [3.63, 3.8) is 0 Å². The van der Waals surface area contributed by atoms with Gasteiger partial charge in [-0.25, -0.2) is 19.3 Å². The summed E-state index contributed by atoms with van der Waals surface area (Å²) in [6, 6.07) is 25.6. The lowest BCUT2D eigenvalue weighted by atomic mass is 10.1. The van der Waals surface area contributed by atoms with E-state index < -0.39 is 11.9 Å². The predicted octanol–water partition coefficient (Wildman–Crippen LogP) is 4.08. The van der Waals surface area contributed by atoms with Gasteiger partial charge < -0.3 is 9.47 Å². The molecule has 0 atom stereocenters. The number of carbonyl (C=O) groups is 2. The van der Waals surface area contributed by atoms with Gasteiger partial charge >= 0.3 is 11.9 Å². The van der Waals surface area contributed by atoms with E-state index in [9.17, 15) is 9.59 Å². The Labute approximate surface area is 178 Å². The molecule has 0 N–H and O–H groups in total. The van der Waals surface area contributed by atoms with E-state index in [1.807, 2.05) is 60.7 Å². The van der Waals surface area contributed by atoms with Crippen molar-refractivity contribution in [1.82, 2.24) is 14.8 Å². The van der Waals surface area contributed by atoms with Crippen LogP contribution < -0.4 is 0 Å². The fraction of sp³-hybridized carbons (Fsp3) is 0.0833. The minimum atomic E-state index is -0.635. The lowest BCUT2D eigenvalue weighted by Gasteiger charge is -2.05. The first-order valence-electron chi connectivity index (χ1n) is 9.58. The Morgan fingerprint density at radius 1 is 0.839 bits per heavy atom. The Morgan fingerprint density at radius 3 is 2.13 bits per heavy atom. The highest BCUT2D eigenvalue weighted by Crippen LogP contribution is 2.21.